The molecular formula is C16H13NO3S. The van der Waals surface area contributed by atoms with Crippen molar-refractivity contribution in [3.63, 3.8) is 0 Å². The first-order valence-electron chi connectivity index (χ1n) is 6.22. The number of ketones is 1. The molecule has 0 fully saturated rings. The van der Waals surface area contributed by atoms with Gasteiger partial charge in [0.2, 0.25) is 0 Å². The highest BCUT2D eigenvalue weighted by Gasteiger charge is 2.11. The molecule has 0 unspecified atom stereocenters. The summed E-state index contributed by atoms with van der Waals surface area (Å²) in [4.78, 5) is 23.6. The zero-order valence-electron chi connectivity index (χ0n) is 11.4. The summed E-state index contributed by atoms with van der Waals surface area (Å²) in [6.45, 7) is 0. The summed E-state index contributed by atoms with van der Waals surface area (Å²) < 4.78 is 0. The quantitative estimate of drug-likeness (QED) is 0.273. The van der Waals surface area contributed by atoms with Crippen molar-refractivity contribution < 1.29 is 9.72 Å². The van der Waals surface area contributed by atoms with Gasteiger partial charge in [-0.25, -0.2) is 0 Å². The highest BCUT2D eigenvalue weighted by atomic mass is 32.2. The molecule has 2 aromatic carbocycles. The lowest BCUT2D eigenvalue weighted by molar-refractivity contribution is -0.385. The standard InChI is InChI=1S/C16H13NO3S/c1-21-16-9-5-3-7-13(16)15(18)11-10-12-6-2-4-8-14(12)17(19)20/h2-11H,1H3/b11-10+. The van der Waals surface area contributed by atoms with Crippen LogP contribution in [-0.2, 0) is 0 Å². The fourth-order valence-corrected chi connectivity index (χ4v) is 2.50. The van der Waals surface area contributed by atoms with Gasteiger partial charge in [0.15, 0.2) is 5.78 Å². The van der Waals surface area contributed by atoms with Crippen LogP contribution >= 0.6 is 11.8 Å². The lowest BCUT2D eigenvalue weighted by Gasteiger charge is -2.02. The molecule has 0 aromatic heterocycles. The van der Waals surface area contributed by atoms with Crippen LogP contribution in [0, 0.1) is 10.1 Å². The second-order valence-corrected chi connectivity index (χ2v) is 5.06. The van der Waals surface area contributed by atoms with Crippen LogP contribution in [0.5, 0.6) is 0 Å². The number of hydrogen-bond donors (Lipinski definition) is 0. The van der Waals surface area contributed by atoms with Gasteiger partial charge in [-0.2, -0.15) is 0 Å². The topological polar surface area (TPSA) is 60.2 Å². The van der Waals surface area contributed by atoms with Crippen molar-refractivity contribution in [2.24, 2.45) is 0 Å². The summed E-state index contributed by atoms with van der Waals surface area (Å²) >= 11 is 1.49. The SMILES string of the molecule is CSc1ccccc1C(=O)/C=C/c1ccccc1[N+](=O)[O-]. The average molecular weight is 299 g/mol. The Kier molecular flexibility index (Phi) is 4.90. The van der Waals surface area contributed by atoms with Crippen LogP contribution in [0.1, 0.15) is 15.9 Å². The Morgan fingerprint density at radius 3 is 2.52 bits per heavy atom. The minimum atomic E-state index is -0.458. The van der Waals surface area contributed by atoms with Crippen LogP contribution in [-0.4, -0.2) is 17.0 Å². The Morgan fingerprint density at radius 1 is 1.14 bits per heavy atom. The van der Waals surface area contributed by atoms with E-state index in [4.69, 9.17) is 0 Å². The molecule has 2 aromatic rings. The summed E-state index contributed by atoms with van der Waals surface area (Å²) in [5, 5.41) is 10.9. The van der Waals surface area contributed by atoms with Crippen molar-refractivity contribution in [3.8, 4) is 0 Å². The smallest absolute Gasteiger partial charge is 0.276 e. The van der Waals surface area contributed by atoms with E-state index in [1.54, 1.807) is 30.3 Å². The third kappa shape index (κ3) is 3.58. The molecule has 2 rings (SSSR count). The monoisotopic (exact) mass is 299 g/mol. The molecule has 0 amide bonds. The molecule has 4 nitrogen and oxygen atoms in total. The summed E-state index contributed by atoms with van der Waals surface area (Å²) in [5.41, 5.74) is 0.997. The molecule has 106 valence electrons. The molecule has 0 spiro atoms. The first kappa shape index (κ1) is 15.0. The zero-order valence-corrected chi connectivity index (χ0v) is 12.2. The van der Waals surface area contributed by atoms with Gasteiger partial charge < -0.3 is 0 Å². The van der Waals surface area contributed by atoms with Gasteiger partial charge in [0.05, 0.1) is 10.5 Å². The number of nitro benzene ring substituents is 1. The van der Waals surface area contributed by atoms with E-state index < -0.39 is 4.92 Å². The number of thioether (sulfide) groups is 1. The van der Waals surface area contributed by atoms with E-state index >= 15 is 0 Å². The maximum absolute atomic E-state index is 12.2. The van der Waals surface area contributed by atoms with Gasteiger partial charge in [-0.15, -0.1) is 11.8 Å². The molecule has 0 aliphatic carbocycles. The van der Waals surface area contributed by atoms with Gasteiger partial charge in [0, 0.05) is 16.5 Å². The van der Waals surface area contributed by atoms with E-state index in [9.17, 15) is 14.9 Å². The van der Waals surface area contributed by atoms with Crippen LogP contribution < -0.4 is 0 Å². The Balaban J connectivity index is 2.30. The minimum absolute atomic E-state index is 0.0142. The summed E-state index contributed by atoms with van der Waals surface area (Å²) in [5.74, 6) is -0.168. The maximum Gasteiger partial charge on any atom is 0.276 e. The average Bonchev–Trinajstić information content (AvgIpc) is 2.52. The number of para-hydroxylation sites is 1. The first-order valence-corrected chi connectivity index (χ1v) is 7.45. The number of allylic oxidation sites excluding steroid dienone is 1. The van der Waals surface area contributed by atoms with Gasteiger partial charge in [-0.3, -0.25) is 14.9 Å². The molecule has 21 heavy (non-hydrogen) atoms. The third-order valence-electron chi connectivity index (χ3n) is 2.92. The second-order valence-electron chi connectivity index (χ2n) is 4.21. The van der Waals surface area contributed by atoms with Crippen LogP contribution in [0.2, 0.25) is 0 Å². The van der Waals surface area contributed by atoms with Gasteiger partial charge in [-0.05, 0) is 36.6 Å². The van der Waals surface area contributed by atoms with E-state index in [0.717, 1.165) is 4.90 Å². The van der Waals surface area contributed by atoms with Crippen molar-refractivity contribution in [1.82, 2.24) is 0 Å². The zero-order chi connectivity index (χ0) is 15.2. The Morgan fingerprint density at radius 2 is 1.81 bits per heavy atom. The number of benzene rings is 2. The molecule has 0 saturated carbocycles. The van der Waals surface area contributed by atoms with Crippen LogP contribution in [0.15, 0.2) is 59.5 Å². The highest BCUT2D eigenvalue weighted by Crippen LogP contribution is 2.22. The molecule has 0 saturated heterocycles. The van der Waals surface area contributed by atoms with E-state index in [1.807, 2.05) is 18.4 Å². The summed E-state index contributed by atoms with van der Waals surface area (Å²) in [6, 6.07) is 13.6. The van der Waals surface area contributed by atoms with E-state index in [-0.39, 0.29) is 11.5 Å². The second kappa shape index (κ2) is 6.85. The van der Waals surface area contributed by atoms with E-state index in [0.29, 0.717) is 11.1 Å². The Hall–Kier alpha value is -2.40. The Labute approximate surface area is 126 Å². The fourth-order valence-electron chi connectivity index (χ4n) is 1.90. The van der Waals surface area contributed by atoms with E-state index in [2.05, 4.69) is 0 Å². The molecule has 0 heterocycles. The van der Waals surface area contributed by atoms with Gasteiger partial charge >= 0.3 is 0 Å². The predicted octanol–water partition coefficient (Wildman–Crippen LogP) is 4.21. The molecule has 0 aliphatic heterocycles. The number of nitrogens with zero attached hydrogens (tertiary/aromatic N) is 1. The molecule has 0 radical (unpaired) electrons. The number of carbonyl (C=O) groups is 1. The van der Waals surface area contributed by atoms with Gasteiger partial charge in [0.1, 0.15) is 0 Å². The van der Waals surface area contributed by atoms with E-state index in [1.165, 1.54) is 30.0 Å². The number of nitro groups is 1. The predicted molar refractivity (Wildman–Crippen MR) is 84.7 cm³/mol. The van der Waals surface area contributed by atoms with Crippen molar-refractivity contribution in [1.29, 1.82) is 0 Å². The van der Waals surface area contributed by atoms with Crippen molar-refractivity contribution in [3.05, 3.63) is 75.8 Å². The highest BCUT2D eigenvalue weighted by molar-refractivity contribution is 7.98. The van der Waals surface area contributed by atoms with Crippen molar-refractivity contribution in [2.45, 2.75) is 4.90 Å². The summed E-state index contributed by atoms with van der Waals surface area (Å²) in [7, 11) is 0. The van der Waals surface area contributed by atoms with Gasteiger partial charge in [0.25, 0.3) is 5.69 Å². The molecular weight excluding hydrogens is 286 g/mol. The molecule has 5 heteroatoms. The lowest BCUT2D eigenvalue weighted by Crippen LogP contribution is -1.97. The lowest BCUT2D eigenvalue weighted by atomic mass is 10.1. The number of hydrogen-bond acceptors (Lipinski definition) is 4. The molecule has 0 atom stereocenters. The fraction of sp³-hybridized carbons (Fsp3) is 0.0625. The minimum Gasteiger partial charge on any atom is -0.289 e. The van der Waals surface area contributed by atoms with Crippen LogP contribution in [0.25, 0.3) is 6.08 Å². The third-order valence-corrected chi connectivity index (χ3v) is 3.72. The number of carbonyl (C=O) groups excluding carboxylic acids is 1. The molecule has 0 N–H and O–H groups in total. The number of rotatable bonds is 5. The first-order chi connectivity index (χ1) is 10.1. The molecule has 0 bridgehead atoms. The Bertz CT molecular complexity index is 710. The van der Waals surface area contributed by atoms with Crippen LogP contribution in [0.3, 0.4) is 0 Å². The summed E-state index contributed by atoms with van der Waals surface area (Å²) in [6.07, 6.45) is 4.76. The normalized spacial score (nSPS) is 10.7. The molecule has 0 aliphatic rings. The van der Waals surface area contributed by atoms with Crippen molar-refractivity contribution in [2.75, 3.05) is 6.26 Å². The van der Waals surface area contributed by atoms with Crippen molar-refractivity contribution >= 4 is 29.3 Å². The van der Waals surface area contributed by atoms with Crippen LogP contribution in [0.4, 0.5) is 5.69 Å². The van der Waals surface area contributed by atoms with Gasteiger partial charge in [-0.1, -0.05) is 24.3 Å². The largest absolute Gasteiger partial charge is 0.289 e. The maximum atomic E-state index is 12.2.